The van der Waals surface area contributed by atoms with E-state index in [1.807, 2.05) is 24.3 Å². The first kappa shape index (κ1) is 17.6. The van der Waals surface area contributed by atoms with Crippen LogP contribution < -0.4 is 9.92 Å². The minimum atomic E-state index is -1.33. The molecule has 25 heavy (non-hydrogen) atoms. The molecule has 2 aromatic carbocycles. The van der Waals surface area contributed by atoms with Gasteiger partial charge in [0.1, 0.15) is 5.75 Å². The molecule has 0 N–H and O–H groups in total. The van der Waals surface area contributed by atoms with Crippen LogP contribution >= 0.6 is 11.6 Å². The predicted octanol–water partition coefficient (Wildman–Crippen LogP) is 4.41. The zero-order valence-corrected chi connectivity index (χ0v) is 16.5. The van der Waals surface area contributed by atoms with Crippen molar-refractivity contribution in [1.82, 2.24) is 15.0 Å². The van der Waals surface area contributed by atoms with Gasteiger partial charge in [0.25, 0.3) is 0 Å². The molecule has 0 radical (unpaired) electrons. The summed E-state index contributed by atoms with van der Waals surface area (Å²) in [5.41, 5.74) is 1.80. The first-order valence-electron chi connectivity index (χ1n) is 8.04. The molecule has 6 heteroatoms. The molecule has 0 amide bonds. The van der Waals surface area contributed by atoms with Crippen molar-refractivity contribution in [2.45, 2.75) is 19.6 Å². The lowest BCUT2D eigenvalue weighted by Gasteiger charge is -2.16. The highest BCUT2D eigenvalue weighted by atomic mass is 35.5. The molecule has 1 heterocycles. The van der Waals surface area contributed by atoms with E-state index >= 15 is 0 Å². The summed E-state index contributed by atoms with van der Waals surface area (Å²) in [6, 6.07) is 16.0. The lowest BCUT2D eigenvalue weighted by atomic mass is 10.2. The molecule has 0 saturated heterocycles. The zero-order chi connectivity index (χ0) is 18.0. The van der Waals surface area contributed by atoms with Crippen molar-refractivity contribution in [3.63, 3.8) is 0 Å². The smallest absolute Gasteiger partial charge is 0.226 e. The molecule has 4 nitrogen and oxygen atoms in total. The number of methoxy groups -OCH3 is 1. The highest BCUT2D eigenvalue weighted by molar-refractivity contribution is 6.88. The highest BCUT2D eigenvalue weighted by Crippen LogP contribution is 2.23. The van der Waals surface area contributed by atoms with Gasteiger partial charge in [-0.1, -0.05) is 49.1 Å². The van der Waals surface area contributed by atoms with Crippen LogP contribution in [0, 0.1) is 0 Å². The van der Waals surface area contributed by atoms with Crippen LogP contribution in [-0.4, -0.2) is 30.1 Å². The molecule has 0 fully saturated rings. The SMILES string of the molecule is COc1ccc(-c2nc(Cl)nc(-c3ccc([Si](C)(C)C)cc3)n2)cc1. The van der Waals surface area contributed by atoms with E-state index in [1.54, 1.807) is 7.11 Å². The Morgan fingerprint density at radius 1 is 0.760 bits per heavy atom. The van der Waals surface area contributed by atoms with Gasteiger partial charge in [-0.3, -0.25) is 0 Å². The second kappa shape index (κ2) is 6.94. The summed E-state index contributed by atoms with van der Waals surface area (Å²) in [5.74, 6) is 1.91. The molecule has 0 saturated carbocycles. The normalized spacial score (nSPS) is 11.4. The van der Waals surface area contributed by atoms with Crippen molar-refractivity contribution in [3.05, 3.63) is 53.8 Å². The van der Waals surface area contributed by atoms with Crippen LogP contribution in [0.15, 0.2) is 48.5 Å². The summed E-state index contributed by atoms with van der Waals surface area (Å²) in [7, 11) is 0.304. The summed E-state index contributed by atoms with van der Waals surface area (Å²) in [6.45, 7) is 6.97. The maximum absolute atomic E-state index is 6.13. The Balaban J connectivity index is 1.98. The number of benzene rings is 2. The van der Waals surface area contributed by atoms with E-state index in [-0.39, 0.29) is 5.28 Å². The topological polar surface area (TPSA) is 47.9 Å². The number of hydrogen-bond donors (Lipinski definition) is 0. The lowest BCUT2D eigenvalue weighted by Crippen LogP contribution is -2.37. The van der Waals surface area contributed by atoms with Gasteiger partial charge in [-0.25, -0.2) is 4.98 Å². The van der Waals surface area contributed by atoms with Crippen LogP contribution in [-0.2, 0) is 0 Å². The van der Waals surface area contributed by atoms with Gasteiger partial charge in [0.15, 0.2) is 11.6 Å². The summed E-state index contributed by atoms with van der Waals surface area (Å²) < 4.78 is 5.18. The first-order chi connectivity index (χ1) is 11.9. The van der Waals surface area contributed by atoms with Gasteiger partial charge in [-0.15, -0.1) is 0 Å². The minimum absolute atomic E-state index is 0.185. The second-order valence-electron chi connectivity index (χ2n) is 6.81. The van der Waals surface area contributed by atoms with Crippen LogP contribution in [0.2, 0.25) is 24.9 Å². The zero-order valence-electron chi connectivity index (χ0n) is 14.7. The third-order valence-electron chi connectivity index (χ3n) is 3.97. The standard InChI is InChI=1S/C19H20ClN3OSi/c1-24-15-9-5-13(6-10-15)17-21-18(23-19(20)22-17)14-7-11-16(12-8-14)25(2,3)4/h5-12H,1-4H3. The molecule has 1 aromatic heterocycles. The third kappa shape index (κ3) is 4.06. The van der Waals surface area contributed by atoms with Gasteiger partial charge < -0.3 is 4.74 Å². The fourth-order valence-corrected chi connectivity index (χ4v) is 3.79. The number of ether oxygens (including phenoxy) is 1. The highest BCUT2D eigenvalue weighted by Gasteiger charge is 2.16. The molecule has 0 aliphatic rings. The van der Waals surface area contributed by atoms with Gasteiger partial charge in [-0.2, -0.15) is 9.97 Å². The monoisotopic (exact) mass is 369 g/mol. The van der Waals surface area contributed by atoms with E-state index in [9.17, 15) is 0 Å². The molecular weight excluding hydrogens is 350 g/mol. The fourth-order valence-electron chi connectivity index (χ4n) is 2.47. The molecule has 3 rings (SSSR count). The Hall–Kier alpha value is -2.24. The fraction of sp³-hybridized carbons (Fsp3) is 0.211. The first-order valence-corrected chi connectivity index (χ1v) is 11.9. The number of hydrogen-bond acceptors (Lipinski definition) is 4. The van der Waals surface area contributed by atoms with E-state index in [2.05, 4.69) is 58.9 Å². The van der Waals surface area contributed by atoms with E-state index < -0.39 is 8.07 Å². The Kier molecular flexibility index (Phi) is 4.88. The van der Waals surface area contributed by atoms with Crippen molar-refractivity contribution < 1.29 is 4.74 Å². The number of aromatic nitrogens is 3. The largest absolute Gasteiger partial charge is 0.497 e. The molecule has 0 bridgehead atoms. The van der Waals surface area contributed by atoms with Gasteiger partial charge in [0.05, 0.1) is 15.2 Å². The molecule has 0 aliphatic carbocycles. The van der Waals surface area contributed by atoms with Crippen molar-refractivity contribution in [2.24, 2.45) is 0 Å². The van der Waals surface area contributed by atoms with Crippen molar-refractivity contribution >= 4 is 24.9 Å². The Morgan fingerprint density at radius 3 is 1.68 bits per heavy atom. The van der Waals surface area contributed by atoms with Gasteiger partial charge >= 0.3 is 0 Å². The van der Waals surface area contributed by atoms with Crippen molar-refractivity contribution in [2.75, 3.05) is 7.11 Å². The van der Waals surface area contributed by atoms with E-state index in [0.29, 0.717) is 11.6 Å². The lowest BCUT2D eigenvalue weighted by molar-refractivity contribution is 0.415. The molecule has 128 valence electrons. The molecule has 0 atom stereocenters. The van der Waals surface area contributed by atoms with Crippen LogP contribution in [0.5, 0.6) is 5.75 Å². The Morgan fingerprint density at radius 2 is 1.24 bits per heavy atom. The van der Waals surface area contributed by atoms with E-state index in [0.717, 1.165) is 16.9 Å². The maximum Gasteiger partial charge on any atom is 0.226 e. The minimum Gasteiger partial charge on any atom is -0.497 e. The third-order valence-corrected chi connectivity index (χ3v) is 6.20. The number of nitrogens with zero attached hydrogens (tertiary/aromatic N) is 3. The van der Waals surface area contributed by atoms with Crippen LogP contribution in [0.25, 0.3) is 22.8 Å². The van der Waals surface area contributed by atoms with Gasteiger partial charge in [-0.05, 0) is 35.9 Å². The molecule has 0 unspecified atom stereocenters. The predicted molar refractivity (Wildman–Crippen MR) is 105 cm³/mol. The van der Waals surface area contributed by atoms with Crippen LogP contribution in [0.1, 0.15) is 0 Å². The van der Waals surface area contributed by atoms with Crippen LogP contribution in [0.3, 0.4) is 0 Å². The molecular formula is C19H20ClN3OSi. The number of rotatable bonds is 4. The number of halogens is 1. The molecule has 3 aromatic rings. The van der Waals surface area contributed by atoms with Gasteiger partial charge in [0.2, 0.25) is 5.28 Å². The van der Waals surface area contributed by atoms with E-state index in [4.69, 9.17) is 16.3 Å². The average molecular weight is 370 g/mol. The van der Waals surface area contributed by atoms with Gasteiger partial charge in [0, 0.05) is 11.1 Å². The van der Waals surface area contributed by atoms with E-state index in [1.165, 1.54) is 5.19 Å². The van der Waals surface area contributed by atoms with Crippen molar-refractivity contribution in [1.29, 1.82) is 0 Å². The average Bonchev–Trinajstić information content (AvgIpc) is 2.60. The summed E-state index contributed by atoms with van der Waals surface area (Å²) in [4.78, 5) is 13.1. The second-order valence-corrected chi connectivity index (χ2v) is 12.2. The van der Waals surface area contributed by atoms with Crippen molar-refractivity contribution in [3.8, 4) is 28.5 Å². The summed E-state index contributed by atoms with van der Waals surface area (Å²) in [6.07, 6.45) is 0. The summed E-state index contributed by atoms with van der Waals surface area (Å²) in [5, 5.41) is 1.58. The Bertz CT molecular complexity index is 875. The summed E-state index contributed by atoms with van der Waals surface area (Å²) >= 11 is 6.13. The Labute approximate surface area is 153 Å². The van der Waals surface area contributed by atoms with Crippen LogP contribution in [0.4, 0.5) is 0 Å². The quantitative estimate of drug-likeness (QED) is 0.639. The molecule has 0 aliphatic heterocycles. The molecule has 0 spiro atoms. The maximum atomic E-state index is 6.13.